The Balaban J connectivity index is 2.41. The lowest BCUT2D eigenvalue weighted by molar-refractivity contribution is 0.175. The minimum Gasteiger partial charge on any atom is -0.392 e. The summed E-state index contributed by atoms with van der Waals surface area (Å²) >= 11 is 0. The van der Waals surface area contributed by atoms with E-state index in [9.17, 15) is 14.7 Å². The lowest BCUT2D eigenvalue weighted by atomic mass is 10.4. The first kappa shape index (κ1) is 18.2. The summed E-state index contributed by atoms with van der Waals surface area (Å²) in [5, 5.41) is 13.0. The molecule has 1 atom stereocenters. The summed E-state index contributed by atoms with van der Waals surface area (Å²) in [7, 11) is 1.56. The number of likely N-dealkylation sites (N-methyl/N-ethyl adjacent to an activating group) is 1. The number of aliphatic hydroxyl groups is 1. The summed E-state index contributed by atoms with van der Waals surface area (Å²) in [5.41, 5.74) is -0.431. The Kier molecular flexibility index (Phi) is 5.79. The van der Waals surface area contributed by atoms with Gasteiger partial charge in [0.05, 0.1) is 12.6 Å². The number of H-pyrrole nitrogens is 1. The van der Waals surface area contributed by atoms with E-state index >= 15 is 0 Å². The Hall–Kier alpha value is -2.13. The van der Waals surface area contributed by atoms with Gasteiger partial charge < -0.3 is 19.9 Å². The largest absolute Gasteiger partial charge is 0.392 e. The highest BCUT2D eigenvalue weighted by molar-refractivity contribution is 5.74. The maximum atomic E-state index is 12.2. The number of aryl methyl sites for hydroxylation is 1. The number of hydrogen-bond acceptors (Lipinski definition) is 6. The highest BCUT2D eigenvalue weighted by atomic mass is 16.3. The molecule has 0 radical (unpaired) electrons. The van der Waals surface area contributed by atoms with E-state index < -0.39 is 17.4 Å². The first-order valence-electron chi connectivity index (χ1n) is 8.22. The predicted molar refractivity (Wildman–Crippen MR) is 93.6 cm³/mol. The number of fused-ring (bicyclic) bond motifs is 1. The van der Waals surface area contributed by atoms with Crippen LogP contribution in [-0.4, -0.2) is 61.4 Å². The van der Waals surface area contributed by atoms with Crippen LogP contribution in [0.3, 0.4) is 0 Å². The van der Waals surface area contributed by atoms with Crippen LogP contribution in [0.1, 0.15) is 20.8 Å². The van der Waals surface area contributed by atoms with Crippen LogP contribution in [-0.2, 0) is 13.6 Å². The van der Waals surface area contributed by atoms with Gasteiger partial charge in [-0.3, -0.25) is 14.3 Å². The van der Waals surface area contributed by atoms with Gasteiger partial charge in [0.15, 0.2) is 11.2 Å². The molecule has 1 unspecified atom stereocenters. The van der Waals surface area contributed by atoms with E-state index in [0.717, 1.165) is 19.6 Å². The normalized spacial score (nSPS) is 12.9. The first-order chi connectivity index (χ1) is 11.4. The summed E-state index contributed by atoms with van der Waals surface area (Å²) in [6.45, 7) is 9.44. The monoisotopic (exact) mass is 338 g/mol. The van der Waals surface area contributed by atoms with Crippen LogP contribution in [0.25, 0.3) is 11.2 Å². The lowest BCUT2D eigenvalue weighted by Crippen LogP contribution is -2.30. The Labute approximate surface area is 139 Å². The molecule has 0 saturated heterocycles. The third-order valence-electron chi connectivity index (χ3n) is 4.06. The minimum absolute atomic E-state index is 0.214. The maximum Gasteiger partial charge on any atom is 0.329 e. The summed E-state index contributed by atoms with van der Waals surface area (Å²) in [5.74, 6) is 0.477. The molecule has 0 amide bonds. The van der Waals surface area contributed by atoms with Crippen molar-refractivity contribution in [1.82, 2.24) is 24.0 Å². The van der Waals surface area contributed by atoms with Gasteiger partial charge in [-0.1, -0.05) is 13.8 Å². The van der Waals surface area contributed by atoms with E-state index in [1.54, 1.807) is 18.5 Å². The molecule has 3 N–H and O–H groups in total. The molecule has 0 fully saturated rings. The molecule has 2 aromatic rings. The molecule has 9 heteroatoms. The van der Waals surface area contributed by atoms with Gasteiger partial charge in [-0.25, -0.2) is 4.79 Å². The molecule has 0 bridgehead atoms. The van der Waals surface area contributed by atoms with Gasteiger partial charge in [0.25, 0.3) is 5.56 Å². The van der Waals surface area contributed by atoms with E-state index in [0.29, 0.717) is 18.1 Å². The molecular formula is C15H26N6O3. The van der Waals surface area contributed by atoms with Gasteiger partial charge >= 0.3 is 5.69 Å². The van der Waals surface area contributed by atoms with Gasteiger partial charge in [-0.15, -0.1) is 0 Å². The Morgan fingerprint density at radius 2 is 2.00 bits per heavy atom. The van der Waals surface area contributed by atoms with Crippen molar-refractivity contribution in [2.75, 3.05) is 31.5 Å². The molecule has 0 saturated carbocycles. The van der Waals surface area contributed by atoms with E-state index in [-0.39, 0.29) is 12.1 Å². The molecule has 0 aliphatic carbocycles. The number of aromatic amines is 1. The van der Waals surface area contributed by atoms with Crippen molar-refractivity contribution >= 4 is 17.1 Å². The topological polar surface area (TPSA) is 108 Å². The Bertz CT molecular complexity index is 800. The number of aromatic nitrogens is 4. The van der Waals surface area contributed by atoms with Crippen LogP contribution in [0.15, 0.2) is 9.59 Å². The second kappa shape index (κ2) is 7.63. The predicted octanol–water partition coefficient (Wildman–Crippen LogP) is -0.442. The zero-order valence-corrected chi connectivity index (χ0v) is 14.7. The zero-order valence-electron chi connectivity index (χ0n) is 14.7. The fraction of sp³-hybridized carbons (Fsp3) is 0.667. The molecule has 134 valence electrons. The van der Waals surface area contributed by atoms with Crippen molar-refractivity contribution in [2.24, 2.45) is 7.05 Å². The molecule has 0 aromatic carbocycles. The maximum absolute atomic E-state index is 12.2. The molecule has 9 nitrogen and oxygen atoms in total. The van der Waals surface area contributed by atoms with Crippen molar-refractivity contribution in [1.29, 1.82) is 0 Å². The highest BCUT2D eigenvalue weighted by Gasteiger charge is 2.18. The summed E-state index contributed by atoms with van der Waals surface area (Å²) in [4.78, 5) is 32.9. The van der Waals surface area contributed by atoms with Crippen LogP contribution in [0.2, 0.25) is 0 Å². The highest BCUT2D eigenvalue weighted by Crippen LogP contribution is 2.15. The van der Waals surface area contributed by atoms with Crippen LogP contribution in [0, 0.1) is 0 Å². The van der Waals surface area contributed by atoms with E-state index in [1.807, 2.05) is 0 Å². The Morgan fingerprint density at radius 1 is 1.33 bits per heavy atom. The molecule has 0 aliphatic heterocycles. The van der Waals surface area contributed by atoms with Crippen LogP contribution in [0.5, 0.6) is 0 Å². The van der Waals surface area contributed by atoms with Crippen LogP contribution < -0.4 is 16.6 Å². The average Bonchev–Trinajstić information content (AvgIpc) is 2.88. The van der Waals surface area contributed by atoms with E-state index in [2.05, 4.69) is 34.0 Å². The van der Waals surface area contributed by atoms with E-state index in [1.165, 1.54) is 4.57 Å². The van der Waals surface area contributed by atoms with Gasteiger partial charge in [-0.2, -0.15) is 4.98 Å². The van der Waals surface area contributed by atoms with Gasteiger partial charge in [0, 0.05) is 20.1 Å². The number of imidazole rings is 1. The van der Waals surface area contributed by atoms with Crippen molar-refractivity contribution in [2.45, 2.75) is 33.4 Å². The van der Waals surface area contributed by atoms with Crippen molar-refractivity contribution < 1.29 is 5.11 Å². The lowest BCUT2D eigenvalue weighted by Gasteiger charge is -2.18. The fourth-order valence-corrected chi connectivity index (χ4v) is 2.68. The standard InChI is InChI=1S/C15H26N6O3/c1-5-20(6-2)8-7-16-14-17-12-11(21(14)9-10(3)22)13(23)18-15(24)19(12)4/h10,22H,5-9H2,1-4H3,(H,16,17)(H,18,23,24). The Morgan fingerprint density at radius 3 is 2.58 bits per heavy atom. The number of nitrogens with one attached hydrogen (secondary N) is 2. The van der Waals surface area contributed by atoms with Gasteiger partial charge in [0.1, 0.15) is 0 Å². The SMILES string of the molecule is CCN(CC)CCNc1nc2c(c(=O)[nH]c(=O)n2C)n1CC(C)O. The molecule has 2 heterocycles. The number of nitrogens with zero attached hydrogens (tertiary/aromatic N) is 4. The van der Waals surface area contributed by atoms with Gasteiger partial charge in [-0.05, 0) is 20.0 Å². The number of rotatable bonds is 8. The van der Waals surface area contributed by atoms with E-state index in [4.69, 9.17) is 0 Å². The number of anilines is 1. The number of aliphatic hydroxyl groups excluding tert-OH is 1. The van der Waals surface area contributed by atoms with Crippen LogP contribution >= 0.6 is 0 Å². The summed E-state index contributed by atoms with van der Waals surface area (Å²) < 4.78 is 2.92. The molecule has 0 aliphatic rings. The first-order valence-corrected chi connectivity index (χ1v) is 8.22. The molecule has 24 heavy (non-hydrogen) atoms. The summed E-state index contributed by atoms with van der Waals surface area (Å²) in [6.07, 6.45) is -0.651. The minimum atomic E-state index is -0.651. The van der Waals surface area contributed by atoms with Gasteiger partial charge in [0.2, 0.25) is 5.95 Å². The number of hydrogen-bond donors (Lipinski definition) is 3. The second-order valence-corrected chi connectivity index (χ2v) is 5.84. The van der Waals surface area contributed by atoms with Crippen molar-refractivity contribution in [3.63, 3.8) is 0 Å². The third-order valence-corrected chi connectivity index (χ3v) is 4.06. The average molecular weight is 338 g/mol. The molecule has 2 aromatic heterocycles. The molecule has 2 rings (SSSR count). The van der Waals surface area contributed by atoms with Crippen molar-refractivity contribution in [3.05, 3.63) is 20.8 Å². The molecular weight excluding hydrogens is 312 g/mol. The quantitative estimate of drug-likeness (QED) is 0.602. The van der Waals surface area contributed by atoms with Crippen LogP contribution in [0.4, 0.5) is 5.95 Å². The smallest absolute Gasteiger partial charge is 0.329 e. The molecule has 0 spiro atoms. The third kappa shape index (κ3) is 3.68. The fourth-order valence-electron chi connectivity index (χ4n) is 2.68. The summed E-state index contributed by atoms with van der Waals surface area (Å²) in [6, 6.07) is 0. The van der Waals surface area contributed by atoms with Crippen molar-refractivity contribution in [3.8, 4) is 0 Å². The zero-order chi connectivity index (χ0) is 17.9. The second-order valence-electron chi connectivity index (χ2n) is 5.84.